The van der Waals surface area contributed by atoms with Gasteiger partial charge in [0.25, 0.3) is 5.91 Å². The lowest BCUT2D eigenvalue weighted by Gasteiger charge is -2.39. The number of fused-ring (bicyclic) bond motifs is 3. The lowest BCUT2D eigenvalue weighted by Crippen LogP contribution is -2.46. The van der Waals surface area contributed by atoms with Gasteiger partial charge in [-0.05, 0) is 38.7 Å². The number of carbonyl (C=O) groups excluding carboxylic acids is 1. The molecule has 224 valence electrons. The Hall–Kier alpha value is -4.91. The molecule has 2 aliphatic rings. The fourth-order valence-electron chi connectivity index (χ4n) is 6.78. The van der Waals surface area contributed by atoms with Crippen LogP contribution in [0.3, 0.4) is 0 Å². The number of rotatable bonds is 5. The van der Waals surface area contributed by atoms with Gasteiger partial charge in [-0.25, -0.2) is 23.4 Å². The van der Waals surface area contributed by atoms with E-state index in [0.717, 1.165) is 35.9 Å². The fraction of sp³-hybridized carbons (Fsp3) is 0.290. The third-order valence-electron chi connectivity index (χ3n) is 8.76. The van der Waals surface area contributed by atoms with Crippen LogP contribution in [0, 0.1) is 6.92 Å². The normalized spacial score (nSPS) is 19.9. The molecule has 5 aromatic rings. The molecule has 6 heterocycles. The number of nitrogens with zero attached hydrogens (tertiary/aromatic N) is 7. The Labute approximate surface area is 254 Å². The molecule has 4 aromatic heterocycles. The maximum Gasteiger partial charge on any atom is 0.257 e. The van der Waals surface area contributed by atoms with Crippen LogP contribution >= 0.6 is 0 Å². The highest BCUT2D eigenvalue weighted by Crippen LogP contribution is 2.46. The number of aryl methyl sites for hydroxylation is 1. The lowest BCUT2D eigenvalue weighted by atomic mass is 9.87. The molecule has 44 heavy (non-hydrogen) atoms. The van der Waals surface area contributed by atoms with Gasteiger partial charge in [-0.3, -0.25) is 9.78 Å². The van der Waals surface area contributed by atoms with Crippen molar-refractivity contribution in [2.75, 3.05) is 17.7 Å². The topological polar surface area (TPSA) is 175 Å². The Bertz CT molecular complexity index is 2010. The molecule has 7 rings (SSSR count). The molecular weight excluding hydrogens is 578 g/mol. The number of amides is 1. The van der Waals surface area contributed by atoms with Crippen LogP contribution in [-0.2, 0) is 9.84 Å². The molecule has 4 N–H and O–H groups in total. The zero-order chi connectivity index (χ0) is 30.7. The fourth-order valence-corrected chi connectivity index (χ4v) is 7.84. The number of aromatic nitrogens is 6. The Balaban J connectivity index is 1.26. The van der Waals surface area contributed by atoms with Crippen molar-refractivity contribution in [3.05, 3.63) is 78.0 Å². The first-order chi connectivity index (χ1) is 21.1. The van der Waals surface area contributed by atoms with Crippen LogP contribution in [0.1, 0.15) is 53.3 Å². The third kappa shape index (κ3) is 4.64. The van der Waals surface area contributed by atoms with E-state index in [1.165, 1.54) is 10.7 Å². The Kier molecular flexibility index (Phi) is 6.57. The van der Waals surface area contributed by atoms with Gasteiger partial charge in [0.1, 0.15) is 10.7 Å². The van der Waals surface area contributed by atoms with Gasteiger partial charge in [-0.2, -0.15) is 9.61 Å². The van der Waals surface area contributed by atoms with Crippen molar-refractivity contribution in [3.63, 3.8) is 0 Å². The minimum atomic E-state index is -3.76. The predicted molar refractivity (Wildman–Crippen MR) is 165 cm³/mol. The van der Waals surface area contributed by atoms with Gasteiger partial charge < -0.3 is 16.4 Å². The summed E-state index contributed by atoms with van der Waals surface area (Å²) in [6.45, 7) is 1.74. The quantitative estimate of drug-likeness (QED) is 0.299. The smallest absolute Gasteiger partial charge is 0.257 e. The number of benzene rings is 1. The van der Waals surface area contributed by atoms with E-state index < -0.39 is 9.84 Å². The van der Waals surface area contributed by atoms with E-state index in [0.29, 0.717) is 41.0 Å². The number of sulfone groups is 1. The molecule has 13 heteroatoms. The first-order valence-electron chi connectivity index (χ1n) is 14.4. The minimum Gasteiger partial charge on any atom is -0.382 e. The minimum absolute atomic E-state index is 0.0100. The summed E-state index contributed by atoms with van der Waals surface area (Å²) in [5.74, 6) is -0.216. The first-order valence-corrected chi connectivity index (χ1v) is 16.3. The van der Waals surface area contributed by atoms with Crippen LogP contribution in [0.15, 0.2) is 66.0 Å². The number of piperidine rings is 1. The Morgan fingerprint density at radius 3 is 2.27 bits per heavy atom. The van der Waals surface area contributed by atoms with Crippen molar-refractivity contribution >= 4 is 33.2 Å². The summed E-state index contributed by atoms with van der Waals surface area (Å²) >= 11 is 0. The standard InChI is InChI=1S/C31H31N9O3S/c1-17-23(15-35-31(33)37-17)30(41)39-21-9-10-22(39)13-20(12-21)26-27(44(2,42)43)28(32)40-29(38-26)24(16-36-40)19-8-11-25(34-14-19)18-6-4-3-5-7-18/h3-8,11,14-16,20-22H,9-10,12-13,32H2,1-2H3,(H2,33,35,37). The molecule has 2 saturated heterocycles. The summed E-state index contributed by atoms with van der Waals surface area (Å²) in [6.07, 6.45) is 8.74. The number of nitrogen functional groups attached to an aromatic ring is 2. The summed E-state index contributed by atoms with van der Waals surface area (Å²) in [5, 5.41) is 4.42. The molecule has 0 spiro atoms. The molecular formula is C31H31N9O3S. The molecule has 2 aliphatic heterocycles. The second kappa shape index (κ2) is 10.4. The molecule has 12 nitrogen and oxygen atoms in total. The number of carbonyl (C=O) groups is 1. The van der Waals surface area contributed by atoms with E-state index in [4.69, 9.17) is 16.5 Å². The average Bonchev–Trinajstić information content (AvgIpc) is 3.54. The highest BCUT2D eigenvalue weighted by atomic mass is 32.2. The molecule has 2 atom stereocenters. The van der Waals surface area contributed by atoms with Crippen molar-refractivity contribution in [1.82, 2.24) is 34.4 Å². The molecule has 0 aliphatic carbocycles. The van der Waals surface area contributed by atoms with Gasteiger partial charge in [-0.15, -0.1) is 0 Å². The van der Waals surface area contributed by atoms with Crippen LogP contribution in [0.2, 0.25) is 0 Å². The van der Waals surface area contributed by atoms with Gasteiger partial charge in [0, 0.05) is 53.3 Å². The van der Waals surface area contributed by atoms with Crippen LogP contribution in [0.5, 0.6) is 0 Å². The Morgan fingerprint density at radius 1 is 0.909 bits per heavy atom. The zero-order valence-corrected chi connectivity index (χ0v) is 25.1. The van der Waals surface area contributed by atoms with Crippen molar-refractivity contribution in [1.29, 1.82) is 0 Å². The molecule has 0 saturated carbocycles. The van der Waals surface area contributed by atoms with Gasteiger partial charge in [0.15, 0.2) is 15.5 Å². The second-order valence-corrected chi connectivity index (χ2v) is 13.5. The highest BCUT2D eigenvalue weighted by molar-refractivity contribution is 7.91. The summed E-state index contributed by atoms with van der Waals surface area (Å²) in [6, 6.07) is 13.6. The number of pyridine rings is 1. The number of nitrogens with two attached hydrogens (primary N) is 2. The number of hydrogen-bond donors (Lipinski definition) is 2. The summed E-state index contributed by atoms with van der Waals surface area (Å²) < 4.78 is 27.7. The highest BCUT2D eigenvalue weighted by Gasteiger charge is 2.46. The van der Waals surface area contributed by atoms with Crippen LogP contribution < -0.4 is 11.5 Å². The maximum absolute atomic E-state index is 13.6. The lowest BCUT2D eigenvalue weighted by molar-refractivity contribution is 0.0566. The van der Waals surface area contributed by atoms with Crippen LogP contribution in [0.25, 0.3) is 28.0 Å². The van der Waals surface area contributed by atoms with Crippen molar-refractivity contribution in [2.45, 2.75) is 55.5 Å². The molecule has 2 unspecified atom stereocenters. The van der Waals surface area contributed by atoms with Crippen molar-refractivity contribution in [2.24, 2.45) is 0 Å². The van der Waals surface area contributed by atoms with E-state index in [2.05, 4.69) is 20.1 Å². The van der Waals surface area contributed by atoms with Crippen molar-refractivity contribution in [3.8, 4) is 22.4 Å². The van der Waals surface area contributed by atoms with Gasteiger partial charge in [0.2, 0.25) is 5.95 Å². The predicted octanol–water partition coefficient (Wildman–Crippen LogP) is 3.68. The molecule has 1 amide bonds. The van der Waals surface area contributed by atoms with E-state index in [-0.39, 0.29) is 40.6 Å². The summed E-state index contributed by atoms with van der Waals surface area (Å²) in [5.41, 5.74) is 17.4. The van der Waals surface area contributed by atoms with Gasteiger partial charge >= 0.3 is 0 Å². The van der Waals surface area contributed by atoms with E-state index in [1.54, 1.807) is 19.3 Å². The maximum atomic E-state index is 13.6. The molecule has 1 aromatic carbocycles. The second-order valence-electron chi connectivity index (χ2n) is 11.6. The van der Waals surface area contributed by atoms with Gasteiger partial charge in [-0.1, -0.05) is 36.4 Å². The number of hydrogen-bond acceptors (Lipinski definition) is 10. The average molecular weight is 610 g/mol. The third-order valence-corrected chi connectivity index (χ3v) is 9.92. The summed E-state index contributed by atoms with van der Waals surface area (Å²) in [4.78, 5) is 33.3. The van der Waals surface area contributed by atoms with Crippen LogP contribution in [0.4, 0.5) is 11.8 Å². The van der Waals surface area contributed by atoms with Gasteiger partial charge in [0.05, 0.1) is 28.8 Å². The monoisotopic (exact) mass is 609 g/mol. The van der Waals surface area contributed by atoms with E-state index in [9.17, 15) is 13.2 Å². The molecule has 0 radical (unpaired) electrons. The Morgan fingerprint density at radius 2 is 1.64 bits per heavy atom. The van der Waals surface area contributed by atoms with E-state index in [1.807, 2.05) is 47.4 Å². The first kappa shape index (κ1) is 27.9. The molecule has 2 fully saturated rings. The van der Waals surface area contributed by atoms with E-state index >= 15 is 0 Å². The zero-order valence-electron chi connectivity index (χ0n) is 24.3. The van der Waals surface area contributed by atoms with Crippen LogP contribution in [-0.4, -0.2) is 67.1 Å². The summed E-state index contributed by atoms with van der Waals surface area (Å²) in [7, 11) is -3.76. The number of anilines is 2. The largest absolute Gasteiger partial charge is 0.382 e. The molecule has 2 bridgehead atoms. The SMILES string of the molecule is Cc1nc(N)ncc1C(=O)N1C2CCC1CC(c1nc3c(-c4ccc(-c5ccccc5)nc4)cnn3c(N)c1S(C)(=O)=O)C2. The van der Waals surface area contributed by atoms with Crippen molar-refractivity contribution < 1.29 is 13.2 Å².